The highest BCUT2D eigenvalue weighted by Crippen LogP contribution is 2.44. The van der Waals surface area contributed by atoms with E-state index >= 15 is 0 Å². The van der Waals surface area contributed by atoms with Crippen LogP contribution in [0.1, 0.15) is 18.1 Å². The topological polar surface area (TPSA) is 219 Å². The molecule has 1 fully saturated rings. The zero-order chi connectivity index (χ0) is 25.3. The van der Waals surface area contributed by atoms with Crippen LogP contribution in [0.2, 0.25) is 0 Å². The van der Waals surface area contributed by atoms with Crippen LogP contribution < -0.4 is 5.32 Å². The second-order valence-corrected chi connectivity index (χ2v) is 9.75. The minimum Gasteiger partial charge on any atom is -0.508 e. The van der Waals surface area contributed by atoms with Gasteiger partial charge in [-0.05, 0) is 28.5 Å². The van der Waals surface area contributed by atoms with Crippen molar-refractivity contribution in [2.45, 2.75) is 34.3 Å². The average molecular weight is 523 g/mol. The van der Waals surface area contributed by atoms with E-state index in [0.29, 0.717) is 0 Å². The minimum absolute atomic E-state index is 0.0698. The predicted octanol–water partition coefficient (Wildman–Crippen LogP) is -0.687. The molecule has 1 saturated heterocycles. The minimum atomic E-state index is -1.66. The Morgan fingerprint density at radius 3 is 2.71 bits per heavy atom. The first-order valence-corrected chi connectivity index (χ1v) is 11.9. The summed E-state index contributed by atoms with van der Waals surface area (Å²) in [4.78, 5) is 50.0. The molecule has 0 saturated carbocycles. The van der Waals surface area contributed by atoms with Crippen molar-refractivity contribution >= 4 is 47.3 Å². The molecule has 2 aromatic rings. The lowest BCUT2D eigenvalue weighted by Gasteiger charge is -2.50. The largest absolute Gasteiger partial charge is 0.508 e. The molecule has 0 radical (unpaired) electrons. The summed E-state index contributed by atoms with van der Waals surface area (Å²) < 4.78 is 0. The number of tetrazole rings is 1. The van der Waals surface area contributed by atoms with E-state index in [1.54, 1.807) is 0 Å². The van der Waals surface area contributed by atoms with Gasteiger partial charge in [0.2, 0.25) is 5.16 Å². The van der Waals surface area contributed by atoms with E-state index in [-0.39, 0.29) is 33.5 Å². The number of amides is 2. The van der Waals surface area contributed by atoms with Crippen molar-refractivity contribution in [1.82, 2.24) is 30.8 Å². The number of benzene rings is 1. The molecule has 16 heteroatoms. The first-order chi connectivity index (χ1) is 16.7. The van der Waals surface area contributed by atoms with Crippen LogP contribution in [-0.4, -0.2) is 92.1 Å². The maximum Gasteiger partial charge on any atom is 0.352 e. The molecule has 0 spiro atoms. The molecule has 0 aliphatic carbocycles. The highest BCUT2D eigenvalue weighted by Gasteiger charge is 2.55. The van der Waals surface area contributed by atoms with Crippen molar-refractivity contribution in [1.29, 1.82) is 0 Å². The van der Waals surface area contributed by atoms with Crippen molar-refractivity contribution in [3.8, 4) is 5.75 Å². The van der Waals surface area contributed by atoms with Crippen molar-refractivity contribution in [2.24, 2.45) is 0 Å². The number of aliphatic carboxylic acids is 2. The molecule has 1 aromatic heterocycles. The molecule has 184 valence electrons. The number of β-lactam (4-membered cyclic amide) rings is 1. The van der Waals surface area contributed by atoms with Crippen LogP contribution in [0.15, 0.2) is 40.7 Å². The Balaban J connectivity index is 1.55. The van der Waals surface area contributed by atoms with Crippen LogP contribution in [0.5, 0.6) is 5.75 Å². The number of H-pyrrole nitrogens is 1. The third-order valence-corrected chi connectivity index (χ3v) is 7.68. The number of nitrogens with zero attached hydrogens (tertiary/aromatic N) is 4. The zero-order valence-corrected chi connectivity index (χ0v) is 19.2. The first kappa shape index (κ1) is 24.5. The summed E-state index contributed by atoms with van der Waals surface area (Å²) in [5, 5.41) is 53.1. The van der Waals surface area contributed by atoms with E-state index in [2.05, 4.69) is 25.9 Å². The van der Waals surface area contributed by atoms with Gasteiger partial charge >= 0.3 is 11.9 Å². The highest BCUT2D eigenvalue weighted by atomic mass is 32.2. The van der Waals surface area contributed by atoms with Gasteiger partial charge in [0.15, 0.2) is 6.10 Å². The number of fused-ring (bicyclic) bond motifs is 1. The zero-order valence-electron chi connectivity index (χ0n) is 17.6. The Morgan fingerprint density at radius 1 is 1.31 bits per heavy atom. The van der Waals surface area contributed by atoms with Gasteiger partial charge in [0.1, 0.15) is 22.9 Å². The molecule has 2 amide bonds. The fraction of sp³-hybridized carbons (Fsp3) is 0.316. The summed E-state index contributed by atoms with van der Waals surface area (Å²) in [5.41, 5.74) is -0.0419. The van der Waals surface area contributed by atoms with Gasteiger partial charge < -0.3 is 25.7 Å². The van der Waals surface area contributed by atoms with Gasteiger partial charge in [-0.15, -0.1) is 22.0 Å². The van der Waals surface area contributed by atoms with Crippen LogP contribution in [-0.2, 0) is 19.2 Å². The standard InChI is InChI=1S/C19H18N6O8S2/c26-8-3-1-2-7(4-8)14(29)15(30)20-12-16(31)25-13(18(32)33)9(6-34-17(12)25)10(5-11(27)28)35-19-21-23-24-22-19/h1-4,10,12,14,17,26,29H,5-6H2,(H,20,30)(H,27,28)(H,32,33)(H,21,22,23,24)/t10?,12?,14?,17-/m0/s1. The lowest BCUT2D eigenvalue weighted by molar-refractivity contribution is -0.151. The van der Waals surface area contributed by atoms with E-state index in [0.717, 1.165) is 28.4 Å². The van der Waals surface area contributed by atoms with E-state index in [1.807, 2.05) is 0 Å². The van der Waals surface area contributed by atoms with Gasteiger partial charge in [0, 0.05) is 11.0 Å². The summed E-state index contributed by atoms with van der Waals surface area (Å²) in [6.45, 7) is 0. The lowest BCUT2D eigenvalue weighted by Crippen LogP contribution is -2.71. The average Bonchev–Trinajstić information content (AvgIpc) is 3.33. The number of thioether (sulfide) groups is 2. The number of aliphatic hydroxyl groups is 1. The van der Waals surface area contributed by atoms with Gasteiger partial charge in [-0.2, -0.15) is 5.21 Å². The number of carboxylic acid groups (broad SMARTS) is 2. The number of phenolic OH excluding ortho intramolecular Hbond substituents is 1. The third kappa shape index (κ3) is 4.94. The number of aromatic amines is 1. The molecule has 3 unspecified atom stereocenters. The molecule has 6 N–H and O–H groups in total. The second-order valence-electron chi connectivity index (χ2n) is 7.47. The maximum absolute atomic E-state index is 12.9. The van der Waals surface area contributed by atoms with Gasteiger partial charge in [0.25, 0.3) is 11.8 Å². The monoisotopic (exact) mass is 522 g/mol. The molecule has 35 heavy (non-hydrogen) atoms. The van der Waals surface area contributed by atoms with Gasteiger partial charge in [-0.1, -0.05) is 23.9 Å². The Morgan fingerprint density at radius 2 is 2.09 bits per heavy atom. The highest BCUT2D eigenvalue weighted by molar-refractivity contribution is 8.01. The molecule has 2 aliphatic heterocycles. The van der Waals surface area contributed by atoms with Gasteiger partial charge in [-0.3, -0.25) is 19.3 Å². The SMILES string of the molecule is O=C(O)CC(Sc1nn[nH]n1)C1=C(C(=O)O)N2C(=O)C(NC(=O)C(O)c3cccc(O)c3)[C@@H]2SC1. The molecule has 1 aromatic carbocycles. The van der Waals surface area contributed by atoms with E-state index in [4.69, 9.17) is 0 Å². The quantitative estimate of drug-likeness (QED) is 0.178. The Labute approximate surface area is 204 Å². The third-order valence-electron chi connectivity index (χ3n) is 5.25. The summed E-state index contributed by atoms with van der Waals surface area (Å²) in [6.07, 6.45) is -2.11. The molecule has 0 bridgehead atoms. The maximum atomic E-state index is 12.9. The number of carboxylic acids is 2. The number of phenols is 1. The number of aliphatic hydroxyl groups excluding tert-OH is 1. The van der Waals surface area contributed by atoms with Crippen molar-refractivity contribution in [2.75, 3.05) is 5.75 Å². The number of nitrogens with one attached hydrogen (secondary N) is 2. The van der Waals surface area contributed by atoms with Crippen molar-refractivity contribution in [3.63, 3.8) is 0 Å². The van der Waals surface area contributed by atoms with Crippen LogP contribution >= 0.6 is 23.5 Å². The Bertz CT molecular complexity index is 1210. The lowest BCUT2D eigenvalue weighted by atomic mass is 9.99. The normalized spacial score (nSPS) is 21.1. The van der Waals surface area contributed by atoms with Gasteiger partial charge in [0.05, 0.1) is 6.42 Å². The van der Waals surface area contributed by atoms with Gasteiger partial charge in [-0.25, -0.2) is 4.79 Å². The summed E-state index contributed by atoms with van der Waals surface area (Å²) in [5.74, 6) is -4.30. The van der Waals surface area contributed by atoms with Crippen LogP contribution in [0, 0.1) is 0 Å². The molecule has 4 rings (SSSR count). The van der Waals surface area contributed by atoms with Crippen LogP contribution in [0.4, 0.5) is 0 Å². The van der Waals surface area contributed by atoms with Crippen LogP contribution in [0.25, 0.3) is 0 Å². The number of carbonyl (C=O) groups is 4. The number of rotatable bonds is 9. The number of hydrogen-bond donors (Lipinski definition) is 6. The summed E-state index contributed by atoms with van der Waals surface area (Å²) in [7, 11) is 0. The Kier molecular flexibility index (Phi) is 6.95. The fourth-order valence-electron chi connectivity index (χ4n) is 3.69. The smallest absolute Gasteiger partial charge is 0.352 e. The summed E-state index contributed by atoms with van der Waals surface area (Å²) >= 11 is 2.05. The molecule has 4 atom stereocenters. The molecule has 14 nitrogen and oxygen atoms in total. The summed E-state index contributed by atoms with van der Waals surface area (Å²) in [6, 6.07) is 4.34. The van der Waals surface area contributed by atoms with Crippen molar-refractivity contribution < 1.29 is 39.6 Å². The molecular formula is C19H18N6O8S2. The van der Waals surface area contributed by atoms with E-state index < -0.39 is 52.9 Å². The molecule has 3 heterocycles. The fourth-order valence-corrected chi connectivity index (χ4v) is 6.22. The van der Waals surface area contributed by atoms with Crippen molar-refractivity contribution in [3.05, 3.63) is 41.1 Å². The molecule has 2 aliphatic rings. The molecular weight excluding hydrogens is 504 g/mol. The number of aromatic hydroxyl groups is 1. The van der Waals surface area contributed by atoms with E-state index in [9.17, 15) is 39.6 Å². The Hall–Kier alpha value is -3.63. The van der Waals surface area contributed by atoms with Crippen LogP contribution in [0.3, 0.4) is 0 Å². The number of carbonyl (C=O) groups excluding carboxylic acids is 2. The first-order valence-electron chi connectivity index (χ1n) is 9.97. The predicted molar refractivity (Wildman–Crippen MR) is 119 cm³/mol. The number of aromatic nitrogens is 4. The second kappa shape index (κ2) is 9.93. The number of hydrogen-bond acceptors (Lipinski definition) is 11. The van der Waals surface area contributed by atoms with E-state index in [1.165, 1.54) is 24.3 Å².